The molecule has 0 radical (unpaired) electrons. The largest absolute Gasteiger partial charge is 0.323 e. The van der Waals surface area contributed by atoms with Gasteiger partial charge in [-0.3, -0.25) is 4.79 Å². The van der Waals surface area contributed by atoms with E-state index in [9.17, 15) is 9.18 Å². The summed E-state index contributed by atoms with van der Waals surface area (Å²) in [4.78, 5) is 12.7. The van der Waals surface area contributed by atoms with E-state index in [1.54, 1.807) is 24.4 Å². The molecule has 0 aliphatic rings. The minimum Gasteiger partial charge on any atom is -0.323 e. The summed E-state index contributed by atoms with van der Waals surface area (Å²) in [5.41, 5.74) is 7.61. The van der Waals surface area contributed by atoms with Crippen molar-refractivity contribution in [3.05, 3.63) is 107 Å². The summed E-state index contributed by atoms with van der Waals surface area (Å²) in [5.74, 6) is -0.561. The lowest BCUT2D eigenvalue weighted by atomic mass is 10.1. The molecule has 0 atom stereocenters. The zero-order chi connectivity index (χ0) is 21.1. The molecule has 30 heavy (non-hydrogen) atoms. The van der Waals surface area contributed by atoms with Crippen LogP contribution in [0, 0.1) is 19.7 Å². The van der Waals surface area contributed by atoms with Gasteiger partial charge in [-0.05, 0) is 68.4 Å². The average Bonchev–Trinajstić information content (AvgIpc) is 3.37. The molecule has 150 valence electrons. The second kappa shape index (κ2) is 8.21. The third-order valence-electron chi connectivity index (χ3n) is 4.96. The first-order valence-corrected chi connectivity index (χ1v) is 9.55. The van der Waals surface area contributed by atoms with E-state index in [2.05, 4.69) is 10.5 Å². The summed E-state index contributed by atoms with van der Waals surface area (Å²) >= 11 is 0. The van der Waals surface area contributed by atoms with Gasteiger partial charge in [-0.15, -0.1) is 0 Å². The average molecular weight is 400 g/mol. The van der Waals surface area contributed by atoms with Gasteiger partial charge in [0.15, 0.2) is 0 Å². The summed E-state index contributed by atoms with van der Waals surface area (Å²) in [6, 6.07) is 19.5. The lowest BCUT2D eigenvalue weighted by molar-refractivity contribution is 0.0955. The molecule has 0 saturated heterocycles. The Morgan fingerprint density at radius 3 is 2.43 bits per heavy atom. The van der Waals surface area contributed by atoms with Crippen LogP contribution in [0.3, 0.4) is 0 Å². The van der Waals surface area contributed by atoms with E-state index in [1.807, 2.05) is 71.8 Å². The van der Waals surface area contributed by atoms with Gasteiger partial charge in [0.05, 0.1) is 17.5 Å². The number of para-hydroxylation sites is 1. The molecular formula is C24H21FN4O. The monoisotopic (exact) mass is 400 g/mol. The van der Waals surface area contributed by atoms with Crippen LogP contribution < -0.4 is 5.43 Å². The van der Waals surface area contributed by atoms with Gasteiger partial charge in [-0.25, -0.2) is 9.82 Å². The number of benzene rings is 2. The summed E-state index contributed by atoms with van der Waals surface area (Å²) in [6.45, 7) is 3.93. The van der Waals surface area contributed by atoms with Crippen LogP contribution in [0.5, 0.6) is 0 Å². The summed E-state index contributed by atoms with van der Waals surface area (Å²) in [7, 11) is 0. The van der Waals surface area contributed by atoms with Crippen LogP contribution in [0.15, 0.2) is 84.2 Å². The SMILES string of the molecule is Cc1cc(C=NNC(=O)c2ccccc2-n2cccc2)c(C)n1-c1ccc(F)cc1. The van der Waals surface area contributed by atoms with E-state index >= 15 is 0 Å². The van der Waals surface area contributed by atoms with Gasteiger partial charge >= 0.3 is 0 Å². The summed E-state index contributed by atoms with van der Waals surface area (Å²) < 4.78 is 17.1. The van der Waals surface area contributed by atoms with Crippen LogP contribution in [-0.4, -0.2) is 21.3 Å². The number of rotatable bonds is 5. The third kappa shape index (κ3) is 3.80. The number of carbonyl (C=O) groups is 1. The van der Waals surface area contributed by atoms with E-state index in [0.29, 0.717) is 5.56 Å². The first-order valence-electron chi connectivity index (χ1n) is 9.55. The number of hydrazone groups is 1. The molecule has 1 amide bonds. The Labute approximate surface area is 174 Å². The Kier molecular flexibility index (Phi) is 5.30. The van der Waals surface area contributed by atoms with Crippen molar-refractivity contribution < 1.29 is 9.18 Å². The maximum atomic E-state index is 13.2. The molecule has 0 bridgehead atoms. The number of amides is 1. The van der Waals surface area contributed by atoms with Gasteiger partial charge in [0.25, 0.3) is 5.91 Å². The van der Waals surface area contributed by atoms with Crippen LogP contribution in [0.4, 0.5) is 4.39 Å². The van der Waals surface area contributed by atoms with Crippen LogP contribution in [0.25, 0.3) is 11.4 Å². The summed E-state index contributed by atoms with van der Waals surface area (Å²) in [6.07, 6.45) is 5.40. The molecule has 4 aromatic rings. The van der Waals surface area contributed by atoms with Gasteiger partial charge in [-0.1, -0.05) is 12.1 Å². The molecule has 2 aromatic heterocycles. The Morgan fingerprint density at radius 2 is 1.70 bits per heavy atom. The number of aryl methyl sites for hydroxylation is 1. The van der Waals surface area contributed by atoms with Crippen molar-refractivity contribution in [2.45, 2.75) is 13.8 Å². The molecule has 0 saturated carbocycles. The highest BCUT2D eigenvalue weighted by atomic mass is 19.1. The van der Waals surface area contributed by atoms with Crippen LogP contribution in [0.1, 0.15) is 27.3 Å². The molecule has 0 fully saturated rings. The topological polar surface area (TPSA) is 51.3 Å². The molecule has 6 heteroatoms. The highest BCUT2D eigenvalue weighted by Gasteiger charge is 2.12. The Morgan fingerprint density at radius 1 is 1.00 bits per heavy atom. The van der Waals surface area contributed by atoms with E-state index in [0.717, 1.165) is 28.3 Å². The van der Waals surface area contributed by atoms with Gasteiger partial charge < -0.3 is 9.13 Å². The van der Waals surface area contributed by atoms with Crippen molar-refractivity contribution >= 4 is 12.1 Å². The van der Waals surface area contributed by atoms with Crippen molar-refractivity contribution in [2.24, 2.45) is 5.10 Å². The molecule has 2 heterocycles. The normalized spacial score (nSPS) is 11.2. The lowest BCUT2D eigenvalue weighted by Crippen LogP contribution is -2.19. The number of aromatic nitrogens is 2. The predicted molar refractivity (Wildman–Crippen MR) is 116 cm³/mol. The zero-order valence-corrected chi connectivity index (χ0v) is 16.7. The minimum atomic E-state index is -0.289. The van der Waals surface area contributed by atoms with Crippen molar-refractivity contribution in [3.63, 3.8) is 0 Å². The first kappa shape index (κ1) is 19.4. The number of carbonyl (C=O) groups excluding carboxylic acids is 1. The fourth-order valence-electron chi connectivity index (χ4n) is 3.51. The molecule has 5 nitrogen and oxygen atoms in total. The maximum absolute atomic E-state index is 13.2. The van der Waals surface area contributed by atoms with Crippen LogP contribution in [-0.2, 0) is 0 Å². The van der Waals surface area contributed by atoms with E-state index in [1.165, 1.54) is 12.1 Å². The second-order valence-electron chi connectivity index (χ2n) is 6.94. The van der Waals surface area contributed by atoms with Crippen molar-refractivity contribution in [1.29, 1.82) is 0 Å². The van der Waals surface area contributed by atoms with Gasteiger partial charge in [-0.2, -0.15) is 5.10 Å². The van der Waals surface area contributed by atoms with Crippen LogP contribution >= 0.6 is 0 Å². The Bertz CT molecular complexity index is 1200. The van der Waals surface area contributed by atoms with Gasteiger partial charge in [0.1, 0.15) is 5.82 Å². The van der Waals surface area contributed by atoms with Gasteiger partial charge in [0, 0.05) is 35.0 Å². The third-order valence-corrected chi connectivity index (χ3v) is 4.96. The van der Waals surface area contributed by atoms with Crippen molar-refractivity contribution in [2.75, 3.05) is 0 Å². The maximum Gasteiger partial charge on any atom is 0.273 e. The number of halogens is 1. The fraction of sp³-hybridized carbons (Fsp3) is 0.0833. The van der Waals surface area contributed by atoms with Crippen LogP contribution in [0.2, 0.25) is 0 Å². The molecule has 0 unspecified atom stereocenters. The second-order valence-corrected chi connectivity index (χ2v) is 6.94. The van der Waals surface area contributed by atoms with E-state index in [4.69, 9.17) is 0 Å². The van der Waals surface area contributed by atoms with E-state index in [-0.39, 0.29) is 11.7 Å². The number of hydrogen-bond donors (Lipinski definition) is 1. The molecule has 0 aliphatic heterocycles. The number of hydrogen-bond acceptors (Lipinski definition) is 2. The number of nitrogens with zero attached hydrogens (tertiary/aromatic N) is 3. The number of nitrogens with one attached hydrogen (secondary N) is 1. The molecule has 2 aromatic carbocycles. The predicted octanol–water partition coefficient (Wildman–Crippen LogP) is 4.79. The van der Waals surface area contributed by atoms with Crippen molar-refractivity contribution in [1.82, 2.24) is 14.6 Å². The molecule has 0 aliphatic carbocycles. The summed E-state index contributed by atoms with van der Waals surface area (Å²) in [5, 5.41) is 4.16. The highest BCUT2D eigenvalue weighted by Crippen LogP contribution is 2.20. The Balaban J connectivity index is 1.54. The molecule has 0 spiro atoms. The zero-order valence-electron chi connectivity index (χ0n) is 16.7. The first-order chi connectivity index (χ1) is 14.5. The lowest BCUT2D eigenvalue weighted by Gasteiger charge is -2.09. The van der Waals surface area contributed by atoms with Crippen molar-refractivity contribution in [3.8, 4) is 11.4 Å². The quantitative estimate of drug-likeness (QED) is 0.380. The molecule has 4 rings (SSSR count). The fourth-order valence-corrected chi connectivity index (χ4v) is 3.51. The molecular weight excluding hydrogens is 379 g/mol. The standard InChI is InChI=1S/C24H21FN4O/c1-17-15-19(18(2)29(17)21-11-9-20(25)10-12-21)16-26-27-24(30)22-7-3-4-8-23(22)28-13-5-6-14-28/h3-16H,1-2H3,(H,27,30). The van der Waals surface area contributed by atoms with E-state index < -0.39 is 0 Å². The smallest absolute Gasteiger partial charge is 0.273 e. The highest BCUT2D eigenvalue weighted by molar-refractivity contribution is 5.98. The minimum absolute atomic E-state index is 0.272. The van der Waals surface area contributed by atoms with Gasteiger partial charge in [0.2, 0.25) is 0 Å². The molecule has 1 N–H and O–H groups in total. The Hall–Kier alpha value is -3.93.